The Kier molecular flexibility index (Phi) is 6.54. The molecule has 0 aliphatic heterocycles. The van der Waals surface area contributed by atoms with E-state index in [-0.39, 0.29) is 46.0 Å². The molecular weight excluding hydrogens is 506 g/mol. The molecule has 14 heteroatoms. The minimum Gasteiger partial charge on any atom is -0.443 e. The minimum atomic E-state index is -0.745. The number of rotatable bonds is 6. The van der Waals surface area contributed by atoms with E-state index in [0.29, 0.717) is 0 Å². The molecule has 0 radical (unpaired) electrons. The summed E-state index contributed by atoms with van der Waals surface area (Å²) in [7, 11) is 3.21. The molecule has 39 heavy (non-hydrogen) atoms. The predicted octanol–water partition coefficient (Wildman–Crippen LogP) is 2.90. The van der Waals surface area contributed by atoms with Crippen molar-refractivity contribution < 1.29 is 18.8 Å². The summed E-state index contributed by atoms with van der Waals surface area (Å²) in [6.45, 7) is 5.26. The Hall–Kier alpha value is -4.75. The van der Waals surface area contributed by atoms with Gasteiger partial charge < -0.3 is 19.9 Å². The highest BCUT2D eigenvalue weighted by molar-refractivity contribution is 6.07. The lowest BCUT2D eigenvalue weighted by Gasteiger charge is -2.25. The van der Waals surface area contributed by atoms with Crippen LogP contribution in [0.3, 0.4) is 0 Å². The summed E-state index contributed by atoms with van der Waals surface area (Å²) in [5, 5.41) is 14.1. The number of fused-ring (bicyclic) bond motifs is 1. The van der Waals surface area contributed by atoms with Crippen molar-refractivity contribution in [2.45, 2.75) is 51.7 Å². The van der Waals surface area contributed by atoms with E-state index in [4.69, 9.17) is 9.26 Å². The Morgan fingerprint density at radius 3 is 2.64 bits per heavy atom. The number of ether oxygens (including phenoxy) is 1. The number of carbonyl (C=O) groups is 2. The van der Waals surface area contributed by atoms with E-state index in [1.807, 2.05) is 0 Å². The number of hydrogen-bond acceptors (Lipinski definition) is 10. The lowest BCUT2D eigenvalue weighted by Crippen LogP contribution is -2.39. The number of aromatic nitrogens is 6. The van der Waals surface area contributed by atoms with Crippen molar-refractivity contribution in [3.05, 3.63) is 46.8 Å². The quantitative estimate of drug-likeness (QED) is 0.375. The maximum Gasteiger partial charge on any atom is 0.414 e. The van der Waals surface area contributed by atoms with Crippen LogP contribution in [0.4, 0.5) is 22.0 Å². The van der Waals surface area contributed by atoms with Crippen molar-refractivity contribution in [1.29, 1.82) is 0 Å². The molecule has 0 unspecified atom stereocenters. The van der Waals surface area contributed by atoms with Gasteiger partial charge in [0.05, 0.1) is 5.69 Å². The highest BCUT2D eigenvalue weighted by Crippen LogP contribution is 2.31. The number of anilines is 3. The summed E-state index contributed by atoms with van der Waals surface area (Å²) in [6.07, 6.45) is 5.20. The second-order valence-corrected chi connectivity index (χ2v) is 10.3. The highest BCUT2D eigenvalue weighted by atomic mass is 16.6. The first-order valence-electron chi connectivity index (χ1n) is 12.4. The number of carbonyl (C=O) groups excluding carboxylic acids is 2. The normalized spacial score (nSPS) is 13.7. The van der Waals surface area contributed by atoms with Gasteiger partial charge in [-0.15, -0.1) is 5.10 Å². The molecular formula is C25H29N9O5. The molecule has 1 aliphatic carbocycles. The second kappa shape index (κ2) is 9.85. The van der Waals surface area contributed by atoms with Crippen LogP contribution < -0.4 is 21.1 Å². The van der Waals surface area contributed by atoms with Crippen LogP contribution in [0.2, 0.25) is 0 Å². The van der Waals surface area contributed by atoms with Gasteiger partial charge in [0.2, 0.25) is 5.76 Å². The first-order chi connectivity index (χ1) is 18.5. The standard InChI is InChI=1S/C25H29N9O5/c1-25(2,3)38-24(37)33(5)16-12-17(28-15-10-7-11-34(22(15)36)23-26-13-32(4)30-23)29-19-18(16)31-39-20(19)21(35)27-14-8-6-9-14/h7,10-14H,6,8-9H2,1-5H3,(H,27,35)(H,28,29). The van der Waals surface area contributed by atoms with Gasteiger partial charge in [0.25, 0.3) is 17.4 Å². The lowest BCUT2D eigenvalue weighted by atomic mass is 9.93. The van der Waals surface area contributed by atoms with E-state index in [9.17, 15) is 14.4 Å². The fourth-order valence-corrected chi connectivity index (χ4v) is 3.93. The van der Waals surface area contributed by atoms with Crippen molar-refractivity contribution in [3.63, 3.8) is 0 Å². The molecule has 4 aromatic rings. The van der Waals surface area contributed by atoms with Crippen LogP contribution in [0.15, 0.2) is 40.0 Å². The van der Waals surface area contributed by atoms with Gasteiger partial charge >= 0.3 is 6.09 Å². The topological polar surface area (TPSA) is 162 Å². The minimum absolute atomic E-state index is 0.0610. The second-order valence-electron chi connectivity index (χ2n) is 10.3. The molecule has 0 atom stereocenters. The summed E-state index contributed by atoms with van der Waals surface area (Å²) in [6, 6.07) is 4.82. The van der Waals surface area contributed by atoms with Gasteiger partial charge in [-0.3, -0.25) is 19.2 Å². The Balaban J connectivity index is 1.57. The van der Waals surface area contributed by atoms with Crippen LogP contribution in [0.1, 0.15) is 50.6 Å². The maximum absolute atomic E-state index is 13.2. The van der Waals surface area contributed by atoms with Gasteiger partial charge in [-0.2, -0.15) is 4.98 Å². The molecule has 2 N–H and O–H groups in total. The summed E-state index contributed by atoms with van der Waals surface area (Å²) >= 11 is 0. The van der Waals surface area contributed by atoms with E-state index in [0.717, 1.165) is 19.3 Å². The molecule has 1 aliphatic rings. The molecule has 14 nitrogen and oxygen atoms in total. The summed E-state index contributed by atoms with van der Waals surface area (Å²) in [4.78, 5) is 49.0. The van der Waals surface area contributed by atoms with E-state index in [1.165, 1.54) is 33.6 Å². The third-order valence-electron chi connectivity index (χ3n) is 6.10. The van der Waals surface area contributed by atoms with E-state index in [2.05, 4.69) is 30.9 Å². The zero-order chi connectivity index (χ0) is 27.9. The van der Waals surface area contributed by atoms with Crippen molar-refractivity contribution in [2.75, 3.05) is 17.3 Å². The first kappa shape index (κ1) is 25.9. The Morgan fingerprint density at radius 1 is 1.23 bits per heavy atom. The third-order valence-corrected chi connectivity index (χ3v) is 6.10. The van der Waals surface area contributed by atoms with Crippen molar-refractivity contribution in [1.82, 2.24) is 34.8 Å². The zero-order valence-electron chi connectivity index (χ0n) is 22.3. The van der Waals surface area contributed by atoms with Crippen LogP contribution in [0.5, 0.6) is 0 Å². The smallest absolute Gasteiger partial charge is 0.414 e. The molecule has 4 aromatic heterocycles. The molecule has 5 rings (SSSR count). The monoisotopic (exact) mass is 535 g/mol. The van der Waals surface area contributed by atoms with Crippen molar-refractivity contribution in [2.24, 2.45) is 7.05 Å². The lowest BCUT2D eigenvalue weighted by molar-refractivity contribution is 0.0589. The molecule has 0 saturated heterocycles. The molecule has 2 amide bonds. The van der Waals surface area contributed by atoms with E-state index >= 15 is 0 Å². The number of nitrogens with zero attached hydrogens (tertiary/aromatic N) is 7. The highest BCUT2D eigenvalue weighted by Gasteiger charge is 2.29. The maximum atomic E-state index is 13.2. The largest absolute Gasteiger partial charge is 0.443 e. The fraction of sp³-hybridized carbons (Fsp3) is 0.400. The summed E-state index contributed by atoms with van der Waals surface area (Å²) in [5.74, 6) is -0.171. The SMILES string of the molecule is CN(C(=O)OC(C)(C)C)c1cc(Nc2cccn(-c3ncn(C)n3)c2=O)nc2c(C(=O)NC3CCC3)onc12. The zero-order valence-corrected chi connectivity index (χ0v) is 22.3. The average Bonchev–Trinajstić information content (AvgIpc) is 3.47. The summed E-state index contributed by atoms with van der Waals surface area (Å²) < 4.78 is 13.7. The van der Waals surface area contributed by atoms with Crippen LogP contribution in [-0.2, 0) is 11.8 Å². The van der Waals surface area contributed by atoms with Gasteiger partial charge in [0.15, 0.2) is 5.52 Å². The Bertz CT molecular complexity index is 1610. The number of aryl methyl sites for hydroxylation is 1. The first-order valence-corrected chi connectivity index (χ1v) is 12.4. The van der Waals surface area contributed by atoms with Gasteiger partial charge in [-0.25, -0.2) is 14.3 Å². The molecule has 0 spiro atoms. The molecule has 0 aromatic carbocycles. The number of nitrogens with one attached hydrogen (secondary N) is 2. The Morgan fingerprint density at radius 2 is 2.00 bits per heavy atom. The fourth-order valence-electron chi connectivity index (χ4n) is 3.93. The number of hydrogen-bond donors (Lipinski definition) is 2. The van der Waals surface area contributed by atoms with Crippen molar-refractivity contribution >= 4 is 40.2 Å². The summed E-state index contributed by atoms with van der Waals surface area (Å²) in [5.41, 5.74) is -0.419. The van der Waals surface area contributed by atoms with Crippen LogP contribution in [-0.4, -0.2) is 60.2 Å². The molecule has 1 fully saturated rings. The van der Waals surface area contributed by atoms with E-state index in [1.54, 1.807) is 46.1 Å². The van der Waals surface area contributed by atoms with Gasteiger partial charge in [-0.1, -0.05) is 5.16 Å². The molecule has 204 valence electrons. The van der Waals surface area contributed by atoms with Gasteiger partial charge in [0, 0.05) is 32.4 Å². The predicted molar refractivity (Wildman–Crippen MR) is 141 cm³/mol. The average molecular weight is 536 g/mol. The Labute approximate surface area is 222 Å². The molecule has 4 heterocycles. The molecule has 1 saturated carbocycles. The molecule has 0 bridgehead atoms. The van der Waals surface area contributed by atoms with Gasteiger partial charge in [0.1, 0.15) is 29.0 Å². The van der Waals surface area contributed by atoms with Crippen molar-refractivity contribution in [3.8, 4) is 5.95 Å². The number of pyridine rings is 2. The van der Waals surface area contributed by atoms with Crippen LogP contribution in [0.25, 0.3) is 17.0 Å². The van der Waals surface area contributed by atoms with Gasteiger partial charge in [-0.05, 0) is 52.2 Å². The van der Waals surface area contributed by atoms with Crippen LogP contribution >= 0.6 is 0 Å². The number of amides is 2. The van der Waals surface area contributed by atoms with E-state index < -0.39 is 23.2 Å². The third kappa shape index (κ3) is 5.30. The van der Waals surface area contributed by atoms with Crippen LogP contribution in [0, 0.1) is 0 Å².